The van der Waals surface area contributed by atoms with E-state index < -0.39 is 0 Å². The van der Waals surface area contributed by atoms with Crippen molar-refractivity contribution in [3.05, 3.63) is 117 Å². The van der Waals surface area contributed by atoms with Crippen LogP contribution in [-0.4, -0.2) is 10.4 Å². The molecule has 1 heterocycles. The number of unbranched alkanes of at least 4 members (excludes halogenated alkanes) is 15. The van der Waals surface area contributed by atoms with Crippen LogP contribution >= 0.6 is 0 Å². The Balaban J connectivity index is 2.26. The molecule has 0 saturated carbocycles. The molecule has 0 fully saturated rings. The molecule has 300 valence electrons. The third-order valence-electron chi connectivity index (χ3n) is 10.6. The highest BCUT2D eigenvalue weighted by Gasteiger charge is 2.35. The highest BCUT2D eigenvalue weighted by molar-refractivity contribution is 6.16. The number of benzene rings is 2. The van der Waals surface area contributed by atoms with E-state index in [1.165, 1.54) is 110 Å². The van der Waals surface area contributed by atoms with E-state index in [4.69, 9.17) is 0 Å². The zero-order valence-electron chi connectivity index (χ0n) is 36.2. The third-order valence-corrected chi connectivity index (χ3v) is 10.6. The van der Waals surface area contributed by atoms with Gasteiger partial charge in [0.15, 0.2) is 0 Å². The third kappa shape index (κ3) is 16.2. The number of nitrogens with zero attached hydrogens (tertiary/aromatic N) is 1. The first-order chi connectivity index (χ1) is 27.0. The lowest BCUT2D eigenvalue weighted by molar-refractivity contribution is -0.347. The quantitative estimate of drug-likeness (QED) is 0.0613. The summed E-state index contributed by atoms with van der Waals surface area (Å²) in [6.07, 6.45) is 47.2. The molecule has 3 rings (SSSR count). The van der Waals surface area contributed by atoms with Crippen molar-refractivity contribution in [3.63, 3.8) is 0 Å². The first-order valence-corrected chi connectivity index (χ1v) is 22.8. The van der Waals surface area contributed by atoms with E-state index in [0.717, 1.165) is 86.7 Å². The van der Waals surface area contributed by atoms with Crippen LogP contribution in [0.25, 0.3) is 35.8 Å². The Hall–Kier alpha value is -3.65. The second-order valence-corrected chi connectivity index (χ2v) is 15.7. The summed E-state index contributed by atoms with van der Waals surface area (Å²) < 4.78 is 1.82. The number of hydrogen-bond donors (Lipinski definition) is 0. The van der Waals surface area contributed by atoms with E-state index in [0.29, 0.717) is 0 Å². The summed E-state index contributed by atoms with van der Waals surface area (Å²) in [5, 5.41) is 0. The van der Waals surface area contributed by atoms with Gasteiger partial charge in [-0.05, 0) is 129 Å². The number of nitrogens with one attached hydrogen (secondary N) is 1. The summed E-state index contributed by atoms with van der Waals surface area (Å²) in [5.41, 5.74) is 11.9. The molecule has 1 aliphatic rings. The van der Waals surface area contributed by atoms with Crippen molar-refractivity contribution < 1.29 is 4.68 Å². The maximum absolute atomic E-state index is 10.1. The van der Waals surface area contributed by atoms with Crippen molar-refractivity contribution >= 4 is 35.7 Å². The monoisotopic (exact) mass is 743 g/mol. The predicted molar refractivity (Wildman–Crippen MR) is 248 cm³/mol. The van der Waals surface area contributed by atoms with Gasteiger partial charge in [0.2, 0.25) is 11.4 Å². The molecule has 0 aromatic heterocycles. The molecule has 0 saturated heterocycles. The summed E-state index contributed by atoms with van der Waals surface area (Å²) in [4.78, 5) is 0. The van der Waals surface area contributed by atoms with E-state index in [9.17, 15) is 5.84 Å². The molecule has 0 amide bonds. The highest BCUT2D eigenvalue weighted by atomic mass is 15.3. The molecule has 0 aliphatic carbocycles. The predicted octanol–water partition coefficient (Wildman–Crippen LogP) is 17.6. The molecule has 1 N–H and O–H groups in total. The lowest BCUT2D eigenvalue weighted by Gasteiger charge is -2.11. The zero-order chi connectivity index (χ0) is 39.5. The Labute approximate surface area is 339 Å². The fraction of sp³-hybridized carbons (Fsp3) is 0.528. The Morgan fingerprint density at radius 3 is 1.20 bits per heavy atom. The van der Waals surface area contributed by atoms with Gasteiger partial charge >= 0.3 is 0 Å². The summed E-state index contributed by atoms with van der Waals surface area (Å²) in [7, 11) is 0. The molecule has 0 atom stereocenters. The van der Waals surface area contributed by atoms with Gasteiger partial charge < -0.3 is 5.84 Å². The van der Waals surface area contributed by atoms with Crippen LogP contribution in [0.1, 0.15) is 216 Å². The minimum Gasteiger partial charge on any atom is -0.448 e. The SMILES string of the molecule is CCCCC=C1C(CCCC)=C(c2cc(C=CCCCCC)cc(C=CCCCCC)c2)[N+]([NH-])=C1c1cc(C=CCCCCC)cc(C=CCCCCC)c1. The van der Waals surface area contributed by atoms with E-state index in [-0.39, 0.29) is 0 Å². The van der Waals surface area contributed by atoms with Gasteiger partial charge in [0.1, 0.15) is 0 Å². The van der Waals surface area contributed by atoms with E-state index >= 15 is 0 Å². The molecular weight excluding hydrogens is 665 g/mol. The smallest absolute Gasteiger partial charge is 0.215 e. The number of allylic oxidation sites excluding steroid dienone is 7. The van der Waals surface area contributed by atoms with Gasteiger partial charge in [-0.25, -0.2) is 4.68 Å². The van der Waals surface area contributed by atoms with Crippen LogP contribution in [0.4, 0.5) is 0 Å². The Morgan fingerprint density at radius 2 is 0.818 bits per heavy atom. The Kier molecular flexibility index (Phi) is 23.2. The minimum atomic E-state index is 0.975. The molecule has 2 aromatic rings. The maximum Gasteiger partial charge on any atom is 0.215 e. The van der Waals surface area contributed by atoms with Crippen LogP contribution < -0.4 is 0 Å². The number of rotatable bonds is 28. The second-order valence-electron chi connectivity index (χ2n) is 15.7. The largest absolute Gasteiger partial charge is 0.448 e. The van der Waals surface area contributed by atoms with Gasteiger partial charge in [0, 0.05) is 16.7 Å². The molecule has 0 bridgehead atoms. The van der Waals surface area contributed by atoms with E-state index in [1.54, 1.807) is 0 Å². The summed E-state index contributed by atoms with van der Waals surface area (Å²) in [6.45, 7) is 13.7. The van der Waals surface area contributed by atoms with Gasteiger partial charge in [0.05, 0.1) is 5.57 Å². The minimum absolute atomic E-state index is 0.975. The first kappa shape index (κ1) is 45.7. The van der Waals surface area contributed by atoms with Gasteiger partial charge in [0.25, 0.3) is 0 Å². The lowest BCUT2D eigenvalue weighted by atomic mass is 9.90. The van der Waals surface area contributed by atoms with Crippen LogP contribution in [0.5, 0.6) is 0 Å². The molecular formula is C53H78N2. The van der Waals surface area contributed by atoms with E-state index in [2.05, 4.69) is 133 Å². The van der Waals surface area contributed by atoms with Crippen LogP contribution in [0.3, 0.4) is 0 Å². The molecule has 55 heavy (non-hydrogen) atoms. The van der Waals surface area contributed by atoms with Crippen LogP contribution in [0, 0.1) is 0 Å². The summed E-state index contributed by atoms with van der Waals surface area (Å²) in [6, 6.07) is 14.1. The van der Waals surface area contributed by atoms with Gasteiger partial charge in [-0.2, -0.15) is 0 Å². The average molecular weight is 743 g/mol. The van der Waals surface area contributed by atoms with Gasteiger partial charge in [-0.15, -0.1) is 0 Å². The fourth-order valence-corrected chi connectivity index (χ4v) is 7.44. The molecule has 2 nitrogen and oxygen atoms in total. The van der Waals surface area contributed by atoms with Crippen LogP contribution in [0.2, 0.25) is 0 Å². The molecule has 0 unspecified atom stereocenters. The highest BCUT2D eigenvalue weighted by Crippen LogP contribution is 2.39. The topological polar surface area (TPSA) is 26.8 Å². The molecule has 0 spiro atoms. The first-order valence-electron chi connectivity index (χ1n) is 22.8. The second kappa shape index (κ2) is 27.9. The van der Waals surface area contributed by atoms with Gasteiger partial charge in [-0.3, -0.25) is 0 Å². The maximum atomic E-state index is 10.1. The summed E-state index contributed by atoms with van der Waals surface area (Å²) in [5.74, 6) is 10.1. The molecule has 2 heteroatoms. The van der Waals surface area contributed by atoms with Crippen molar-refractivity contribution in [1.29, 1.82) is 0 Å². The standard InChI is InChI=1S/C53H78N2/c1-7-13-19-23-28-32-44-38-45(33-29-24-20-14-8-2)41-48(40-44)52-50(36-18-12-6)51(37-27-17-11-5)53(55(52)54)49-42-46(34-30-25-21-15-9-3)39-47(43-49)35-31-26-22-16-10-4/h28-35,37-43,54H,7-27,36H2,1-6H3. The normalized spacial score (nSPS) is 14.5. The molecule has 2 aromatic carbocycles. The van der Waals surface area contributed by atoms with Crippen molar-refractivity contribution in [1.82, 2.24) is 0 Å². The van der Waals surface area contributed by atoms with Crippen molar-refractivity contribution in [2.45, 2.75) is 183 Å². The van der Waals surface area contributed by atoms with Gasteiger partial charge in [-0.1, -0.05) is 167 Å². The Bertz CT molecular complexity index is 1540. The van der Waals surface area contributed by atoms with Crippen molar-refractivity contribution in [2.75, 3.05) is 0 Å². The molecule has 1 aliphatic heterocycles. The van der Waals surface area contributed by atoms with Crippen molar-refractivity contribution in [2.24, 2.45) is 0 Å². The fourth-order valence-electron chi connectivity index (χ4n) is 7.44. The molecule has 0 radical (unpaired) electrons. The van der Waals surface area contributed by atoms with Crippen molar-refractivity contribution in [3.8, 4) is 0 Å². The lowest BCUT2D eigenvalue weighted by Crippen LogP contribution is -2.12. The summed E-state index contributed by atoms with van der Waals surface area (Å²) >= 11 is 0. The zero-order valence-corrected chi connectivity index (χ0v) is 36.2. The average Bonchev–Trinajstić information content (AvgIpc) is 3.46. The van der Waals surface area contributed by atoms with Crippen LogP contribution in [-0.2, 0) is 0 Å². The number of hydrogen-bond acceptors (Lipinski definition) is 0. The van der Waals surface area contributed by atoms with E-state index in [1.807, 2.05) is 4.68 Å². The van der Waals surface area contributed by atoms with Crippen LogP contribution in [0.15, 0.2) is 77.9 Å². The Morgan fingerprint density at radius 1 is 0.436 bits per heavy atom.